The van der Waals surface area contributed by atoms with Crippen molar-refractivity contribution in [2.75, 3.05) is 17.6 Å². The highest BCUT2D eigenvalue weighted by atomic mass is 32.2. The maximum absolute atomic E-state index is 11.0. The first kappa shape index (κ1) is 9.06. The smallest absolute Gasteiger partial charge is 0.231 e. The molecule has 4 heteroatoms. The highest BCUT2D eigenvalue weighted by Crippen LogP contribution is 2.12. The van der Waals surface area contributed by atoms with Crippen molar-refractivity contribution in [2.24, 2.45) is 0 Å². The first-order valence-electron chi connectivity index (χ1n) is 3.42. The average Bonchev–Trinajstić information content (AvgIpc) is 2.03. The molecule has 65 valence electrons. The first-order valence-corrected chi connectivity index (χ1v) is 5.26. The van der Waals surface area contributed by atoms with Gasteiger partial charge in [0.25, 0.3) is 0 Å². The van der Waals surface area contributed by atoms with Gasteiger partial charge in [-0.2, -0.15) is 0 Å². The molecule has 0 aliphatic carbocycles. The van der Waals surface area contributed by atoms with Crippen LogP contribution >= 0.6 is 0 Å². The topological polar surface area (TPSA) is 37.4 Å². The minimum Gasteiger partial charge on any atom is -0.274 e. The summed E-state index contributed by atoms with van der Waals surface area (Å²) in [6.45, 7) is 0. The van der Waals surface area contributed by atoms with Gasteiger partial charge in [0.15, 0.2) is 0 Å². The molecule has 0 bridgehead atoms. The van der Waals surface area contributed by atoms with Crippen molar-refractivity contribution in [2.45, 2.75) is 0 Å². The van der Waals surface area contributed by atoms with Crippen LogP contribution < -0.4 is 4.31 Å². The fourth-order valence-electron chi connectivity index (χ4n) is 0.771. The van der Waals surface area contributed by atoms with Gasteiger partial charge in [0.1, 0.15) is 0 Å². The van der Waals surface area contributed by atoms with Crippen molar-refractivity contribution in [3.8, 4) is 0 Å². The van der Waals surface area contributed by atoms with Crippen LogP contribution in [0.1, 0.15) is 0 Å². The molecule has 1 aromatic carbocycles. The molecule has 1 rings (SSSR count). The lowest BCUT2D eigenvalue weighted by molar-refractivity contribution is 0.600. The zero-order chi connectivity index (χ0) is 9.19. The summed E-state index contributed by atoms with van der Waals surface area (Å²) in [7, 11) is -1.63. The van der Waals surface area contributed by atoms with E-state index in [1.165, 1.54) is 17.6 Å². The quantitative estimate of drug-likeness (QED) is 0.684. The molecule has 0 saturated heterocycles. The number of sulfonamides is 1. The summed E-state index contributed by atoms with van der Waals surface area (Å²) in [5.74, 6) is 0. The largest absolute Gasteiger partial charge is 0.274 e. The van der Waals surface area contributed by atoms with Gasteiger partial charge in [0, 0.05) is 7.05 Å². The van der Waals surface area contributed by atoms with Gasteiger partial charge in [-0.3, -0.25) is 4.31 Å². The Labute approximate surface area is 72.7 Å². The number of benzene rings is 1. The van der Waals surface area contributed by atoms with Crippen molar-refractivity contribution in [1.29, 1.82) is 0 Å². The molecular weight excluding hydrogens is 174 g/mol. The Kier molecular flexibility index (Phi) is 2.38. The van der Waals surface area contributed by atoms with Gasteiger partial charge in [-0.05, 0) is 18.2 Å². The molecule has 0 aliphatic rings. The zero-order valence-electron chi connectivity index (χ0n) is 6.98. The van der Waals surface area contributed by atoms with Gasteiger partial charge in [-0.1, -0.05) is 12.1 Å². The molecule has 0 N–H and O–H groups in total. The van der Waals surface area contributed by atoms with Crippen molar-refractivity contribution < 1.29 is 8.42 Å². The lowest BCUT2D eigenvalue weighted by Crippen LogP contribution is -2.24. The minimum atomic E-state index is -3.14. The number of hydrogen-bond acceptors (Lipinski definition) is 2. The van der Waals surface area contributed by atoms with E-state index in [-0.39, 0.29) is 0 Å². The van der Waals surface area contributed by atoms with Crippen LogP contribution in [-0.4, -0.2) is 21.7 Å². The highest BCUT2D eigenvalue weighted by Gasteiger charge is 2.09. The molecule has 0 spiro atoms. The van der Waals surface area contributed by atoms with Crippen LogP contribution in [0.3, 0.4) is 0 Å². The Balaban J connectivity index is 3.02. The monoisotopic (exact) mass is 184 g/mol. The Hall–Kier alpha value is -1.03. The van der Waals surface area contributed by atoms with E-state index in [1.807, 2.05) is 0 Å². The predicted molar refractivity (Wildman–Crippen MR) is 48.5 cm³/mol. The average molecular weight is 184 g/mol. The van der Waals surface area contributed by atoms with E-state index < -0.39 is 10.0 Å². The summed E-state index contributed by atoms with van der Waals surface area (Å²) in [4.78, 5) is 0. The number of nitrogens with zero attached hydrogens (tertiary/aromatic N) is 1. The lowest BCUT2D eigenvalue weighted by atomic mass is 10.3. The van der Waals surface area contributed by atoms with Crippen LogP contribution in [0, 0.1) is 6.07 Å². The Morgan fingerprint density at radius 1 is 1.50 bits per heavy atom. The van der Waals surface area contributed by atoms with Gasteiger partial charge in [-0.15, -0.1) is 0 Å². The zero-order valence-corrected chi connectivity index (χ0v) is 7.80. The second-order valence-electron chi connectivity index (χ2n) is 2.49. The van der Waals surface area contributed by atoms with E-state index in [1.54, 1.807) is 24.3 Å². The summed E-state index contributed by atoms with van der Waals surface area (Å²) in [5, 5.41) is 0. The highest BCUT2D eigenvalue weighted by molar-refractivity contribution is 7.92. The van der Waals surface area contributed by atoms with E-state index in [2.05, 4.69) is 6.07 Å². The third-order valence-electron chi connectivity index (χ3n) is 1.55. The van der Waals surface area contributed by atoms with Gasteiger partial charge >= 0.3 is 0 Å². The second-order valence-corrected chi connectivity index (χ2v) is 4.51. The molecule has 3 nitrogen and oxygen atoms in total. The number of rotatable bonds is 2. The normalized spacial score (nSPS) is 11.2. The number of hydrogen-bond donors (Lipinski definition) is 0. The van der Waals surface area contributed by atoms with Crippen LogP contribution in [0.25, 0.3) is 0 Å². The molecule has 0 saturated carbocycles. The van der Waals surface area contributed by atoms with Gasteiger partial charge < -0.3 is 0 Å². The van der Waals surface area contributed by atoms with E-state index >= 15 is 0 Å². The lowest BCUT2D eigenvalue weighted by Gasteiger charge is -2.15. The van der Waals surface area contributed by atoms with Crippen molar-refractivity contribution in [3.63, 3.8) is 0 Å². The van der Waals surface area contributed by atoms with Crippen LogP contribution in [0.15, 0.2) is 24.3 Å². The van der Waals surface area contributed by atoms with Crippen LogP contribution in [0.5, 0.6) is 0 Å². The van der Waals surface area contributed by atoms with Crippen LogP contribution in [0.4, 0.5) is 5.69 Å². The molecule has 0 aromatic heterocycles. The fourth-order valence-corrected chi connectivity index (χ4v) is 1.27. The molecule has 1 radical (unpaired) electrons. The van der Waals surface area contributed by atoms with Crippen molar-refractivity contribution >= 4 is 15.7 Å². The summed E-state index contributed by atoms with van der Waals surface area (Å²) in [6, 6.07) is 9.62. The summed E-state index contributed by atoms with van der Waals surface area (Å²) in [6.07, 6.45) is 1.17. The summed E-state index contributed by atoms with van der Waals surface area (Å²) < 4.78 is 23.3. The van der Waals surface area contributed by atoms with E-state index in [9.17, 15) is 8.42 Å². The van der Waals surface area contributed by atoms with Gasteiger partial charge in [0.2, 0.25) is 10.0 Å². The first-order chi connectivity index (χ1) is 5.52. The second kappa shape index (κ2) is 3.15. The molecule has 0 aliphatic heterocycles. The standard InChI is InChI=1S/C8H10NO2S/c1-9(12(2,10)11)8-6-4-3-5-7-8/h3-4,6-7H,1-2H3. The summed E-state index contributed by atoms with van der Waals surface area (Å²) in [5.41, 5.74) is 0.625. The van der Waals surface area contributed by atoms with E-state index in [0.717, 1.165) is 0 Å². The molecule has 0 heterocycles. The van der Waals surface area contributed by atoms with Crippen LogP contribution in [0.2, 0.25) is 0 Å². The fraction of sp³-hybridized carbons (Fsp3) is 0.250. The maximum Gasteiger partial charge on any atom is 0.231 e. The predicted octanol–water partition coefficient (Wildman–Crippen LogP) is 0.883. The van der Waals surface area contributed by atoms with E-state index in [0.29, 0.717) is 5.69 Å². The Morgan fingerprint density at radius 3 is 2.58 bits per heavy atom. The molecule has 0 fully saturated rings. The Bertz CT molecular complexity index is 345. The molecule has 0 unspecified atom stereocenters. The summed E-state index contributed by atoms with van der Waals surface area (Å²) >= 11 is 0. The molecule has 0 atom stereocenters. The molecular formula is C8H10NO2S. The van der Waals surface area contributed by atoms with Crippen LogP contribution in [-0.2, 0) is 10.0 Å². The third kappa shape index (κ3) is 1.98. The third-order valence-corrected chi connectivity index (χ3v) is 2.76. The molecule has 0 amide bonds. The Morgan fingerprint density at radius 2 is 2.17 bits per heavy atom. The van der Waals surface area contributed by atoms with Gasteiger partial charge in [-0.25, -0.2) is 8.42 Å². The van der Waals surface area contributed by atoms with Crippen molar-refractivity contribution in [1.82, 2.24) is 0 Å². The SMILES string of the molecule is CN(c1c[c]ccc1)S(C)(=O)=O. The number of anilines is 1. The minimum absolute atomic E-state index is 0.625. The van der Waals surface area contributed by atoms with Crippen molar-refractivity contribution in [3.05, 3.63) is 30.3 Å². The maximum atomic E-state index is 11.0. The van der Waals surface area contributed by atoms with Gasteiger partial charge in [0.05, 0.1) is 11.9 Å². The molecule has 12 heavy (non-hydrogen) atoms. The van der Waals surface area contributed by atoms with E-state index in [4.69, 9.17) is 0 Å². The molecule has 1 aromatic rings.